The zero-order valence-corrected chi connectivity index (χ0v) is 16.7. The van der Waals surface area contributed by atoms with Crippen LogP contribution in [0.1, 0.15) is 44.0 Å². The number of fused-ring (bicyclic) bond motifs is 1. The molecule has 6 nitrogen and oxygen atoms in total. The van der Waals surface area contributed by atoms with Gasteiger partial charge in [0.25, 0.3) is 0 Å². The SMILES string of the molecule is CC(=CCC12OC(C)(C)C3CC(C=C4C(=O)c5cccc(O)c5OC431)C2=O)CO. The number of hydrogen-bond acceptors (Lipinski definition) is 6. The molecule has 4 atom stereocenters. The molecule has 2 fully saturated rings. The van der Waals surface area contributed by atoms with Crippen LogP contribution in [0.3, 0.4) is 0 Å². The Morgan fingerprint density at radius 1 is 1.31 bits per heavy atom. The van der Waals surface area contributed by atoms with Crippen molar-refractivity contribution in [2.24, 2.45) is 11.8 Å². The van der Waals surface area contributed by atoms with Crippen molar-refractivity contribution in [2.45, 2.75) is 50.4 Å². The second kappa shape index (κ2) is 5.58. The van der Waals surface area contributed by atoms with Crippen molar-refractivity contribution < 1.29 is 29.3 Å². The van der Waals surface area contributed by atoms with Crippen LogP contribution >= 0.6 is 0 Å². The molecule has 4 bridgehead atoms. The summed E-state index contributed by atoms with van der Waals surface area (Å²) in [6.45, 7) is 5.51. The maximum absolute atomic E-state index is 13.6. The van der Waals surface area contributed by atoms with Gasteiger partial charge in [-0.1, -0.05) is 23.8 Å². The number of hydrogen-bond donors (Lipinski definition) is 2. The Morgan fingerprint density at radius 3 is 2.79 bits per heavy atom. The molecule has 152 valence electrons. The van der Waals surface area contributed by atoms with E-state index in [-0.39, 0.29) is 42.0 Å². The smallest absolute Gasteiger partial charge is 0.196 e. The largest absolute Gasteiger partial charge is 0.504 e. The third-order valence-corrected chi connectivity index (χ3v) is 7.09. The number of Topliss-reactive ketones (excluding diaryl/α,β-unsaturated/α-hetero) is 2. The van der Waals surface area contributed by atoms with Gasteiger partial charge in [0.15, 0.2) is 34.3 Å². The second-order valence-electron chi connectivity index (χ2n) is 9.11. The van der Waals surface area contributed by atoms with Crippen molar-refractivity contribution in [1.29, 1.82) is 0 Å². The summed E-state index contributed by atoms with van der Waals surface area (Å²) in [6.07, 6.45) is 4.27. The molecule has 2 aliphatic heterocycles. The minimum atomic E-state index is -1.37. The van der Waals surface area contributed by atoms with Crippen LogP contribution in [0.2, 0.25) is 0 Å². The molecule has 0 radical (unpaired) electrons. The lowest BCUT2D eigenvalue weighted by atomic mass is 9.51. The van der Waals surface area contributed by atoms with Gasteiger partial charge in [-0.25, -0.2) is 0 Å². The number of aromatic hydroxyl groups is 1. The van der Waals surface area contributed by atoms with Crippen LogP contribution < -0.4 is 4.74 Å². The molecular formula is C23H24O6. The summed E-state index contributed by atoms with van der Waals surface area (Å²) in [6, 6.07) is 4.72. The molecule has 6 heteroatoms. The Kier molecular flexibility index (Phi) is 3.58. The van der Waals surface area contributed by atoms with Crippen LogP contribution in [-0.4, -0.2) is 45.2 Å². The lowest BCUT2D eigenvalue weighted by Crippen LogP contribution is -2.72. The quantitative estimate of drug-likeness (QED) is 0.763. The first-order valence-corrected chi connectivity index (χ1v) is 9.97. The number of rotatable bonds is 3. The molecule has 2 heterocycles. The molecule has 3 aliphatic carbocycles. The predicted octanol–water partition coefficient (Wildman–Crippen LogP) is 2.73. The van der Waals surface area contributed by atoms with Crippen LogP contribution in [0.25, 0.3) is 0 Å². The predicted molar refractivity (Wildman–Crippen MR) is 104 cm³/mol. The molecular weight excluding hydrogens is 372 g/mol. The summed E-state index contributed by atoms with van der Waals surface area (Å²) in [5.74, 6) is -0.972. The molecule has 1 aromatic carbocycles. The first-order valence-electron chi connectivity index (χ1n) is 9.97. The number of ketones is 2. The van der Waals surface area contributed by atoms with E-state index in [2.05, 4.69) is 0 Å². The summed E-state index contributed by atoms with van der Waals surface area (Å²) in [5.41, 5.74) is -1.90. The monoisotopic (exact) mass is 396 g/mol. The first-order chi connectivity index (χ1) is 13.7. The lowest BCUT2D eigenvalue weighted by molar-refractivity contribution is -0.171. The van der Waals surface area contributed by atoms with Crippen molar-refractivity contribution in [3.8, 4) is 11.5 Å². The zero-order chi connectivity index (χ0) is 20.8. The van der Waals surface area contributed by atoms with Gasteiger partial charge in [0.1, 0.15) is 0 Å². The van der Waals surface area contributed by atoms with E-state index in [0.29, 0.717) is 23.1 Å². The fourth-order valence-corrected chi connectivity index (χ4v) is 5.83. The van der Waals surface area contributed by atoms with E-state index in [9.17, 15) is 19.8 Å². The normalized spacial score (nSPS) is 36.4. The number of carbonyl (C=O) groups is 2. The molecule has 5 aliphatic rings. The van der Waals surface area contributed by atoms with Gasteiger partial charge in [0.05, 0.1) is 17.8 Å². The highest BCUT2D eigenvalue weighted by molar-refractivity contribution is 6.17. The summed E-state index contributed by atoms with van der Waals surface area (Å²) in [5, 5.41) is 19.9. The molecule has 1 spiro atoms. The molecule has 4 unspecified atom stereocenters. The van der Waals surface area contributed by atoms with E-state index < -0.39 is 22.7 Å². The summed E-state index contributed by atoms with van der Waals surface area (Å²) >= 11 is 0. The highest BCUT2D eigenvalue weighted by Crippen LogP contribution is 2.67. The maximum Gasteiger partial charge on any atom is 0.196 e. The Morgan fingerprint density at radius 2 is 2.07 bits per heavy atom. The second-order valence-corrected chi connectivity index (χ2v) is 9.11. The fourth-order valence-electron chi connectivity index (χ4n) is 5.83. The minimum absolute atomic E-state index is 0.100. The highest BCUT2D eigenvalue weighted by Gasteiger charge is 2.81. The number of allylic oxidation sites excluding steroid dienone is 1. The highest BCUT2D eigenvalue weighted by atomic mass is 16.6. The number of benzene rings is 1. The van der Waals surface area contributed by atoms with Crippen LogP contribution in [-0.2, 0) is 9.53 Å². The average molecular weight is 396 g/mol. The molecule has 1 aromatic rings. The molecule has 1 saturated carbocycles. The van der Waals surface area contributed by atoms with Gasteiger partial charge in [0, 0.05) is 23.8 Å². The topological polar surface area (TPSA) is 93.1 Å². The zero-order valence-electron chi connectivity index (χ0n) is 16.7. The molecule has 2 N–H and O–H groups in total. The third kappa shape index (κ3) is 2.03. The molecule has 0 amide bonds. The van der Waals surface area contributed by atoms with Crippen molar-refractivity contribution in [3.05, 3.63) is 47.1 Å². The van der Waals surface area contributed by atoms with Crippen LogP contribution in [0.5, 0.6) is 11.5 Å². The van der Waals surface area contributed by atoms with E-state index >= 15 is 0 Å². The Labute approximate surface area is 168 Å². The van der Waals surface area contributed by atoms with Crippen LogP contribution in [0, 0.1) is 11.8 Å². The van der Waals surface area contributed by atoms with E-state index in [1.807, 2.05) is 13.8 Å². The third-order valence-electron chi connectivity index (χ3n) is 7.09. The molecule has 0 aromatic heterocycles. The maximum atomic E-state index is 13.6. The first kappa shape index (κ1) is 18.6. The van der Waals surface area contributed by atoms with E-state index in [0.717, 1.165) is 0 Å². The van der Waals surface area contributed by atoms with Crippen molar-refractivity contribution in [2.75, 3.05) is 6.61 Å². The Balaban J connectivity index is 1.80. The van der Waals surface area contributed by atoms with Gasteiger partial charge >= 0.3 is 0 Å². The molecule has 6 rings (SSSR count). The standard InChI is InChI=1S/C23H24O6/c1-12(11-24)7-8-22-20(27)13-9-15-18(26)14-5-4-6-16(25)19(14)28-23(15,22)17(10-13)21(2,3)29-22/h4-7,9,13,17,24-25H,8,10-11H2,1-3H3. The van der Waals surface area contributed by atoms with Gasteiger partial charge in [0.2, 0.25) is 0 Å². The van der Waals surface area contributed by atoms with E-state index in [1.54, 1.807) is 31.2 Å². The fraction of sp³-hybridized carbons (Fsp3) is 0.478. The van der Waals surface area contributed by atoms with Gasteiger partial charge in [-0.05, 0) is 39.3 Å². The number of phenols is 1. The number of para-hydroxylation sites is 1. The Hall–Kier alpha value is -2.44. The average Bonchev–Trinajstić information content (AvgIpc) is 2.85. The summed E-state index contributed by atoms with van der Waals surface area (Å²) in [4.78, 5) is 27.1. The van der Waals surface area contributed by atoms with Gasteiger partial charge in [-0.15, -0.1) is 0 Å². The number of carbonyl (C=O) groups excluding carboxylic acids is 2. The number of phenolic OH excluding ortho intramolecular Hbond substituents is 1. The van der Waals surface area contributed by atoms with Crippen molar-refractivity contribution in [3.63, 3.8) is 0 Å². The van der Waals surface area contributed by atoms with Crippen LogP contribution in [0.4, 0.5) is 0 Å². The van der Waals surface area contributed by atoms with Gasteiger partial charge in [-0.3, -0.25) is 9.59 Å². The van der Waals surface area contributed by atoms with Crippen molar-refractivity contribution >= 4 is 11.6 Å². The van der Waals surface area contributed by atoms with E-state index in [1.165, 1.54) is 6.07 Å². The molecule has 1 saturated heterocycles. The number of aliphatic hydroxyl groups excluding tert-OH is 1. The van der Waals surface area contributed by atoms with Crippen molar-refractivity contribution in [1.82, 2.24) is 0 Å². The number of ether oxygens (including phenoxy) is 2. The number of aliphatic hydroxyl groups is 1. The molecule has 29 heavy (non-hydrogen) atoms. The van der Waals surface area contributed by atoms with E-state index in [4.69, 9.17) is 9.47 Å². The lowest BCUT2D eigenvalue weighted by Gasteiger charge is -2.56. The summed E-state index contributed by atoms with van der Waals surface area (Å²) < 4.78 is 13.0. The summed E-state index contributed by atoms with van der Waals surface area (Å²) in [7, 11) is 0. The van der Waals surface area contributed by atoms with Crippen LogP contribution in [0.15, 0.2) is 41.5 Å². The van der Waals surface area contributed by atoms with Gasteiger partial charge in [-0.2, -0.15) is 0 Å². The minimum Gasteiger partial charge on any atom is -0.504 e. The Bertz CT molecular complexity index is 1020. The van der Waals surface area contributed by atoms with Gasteiger partial charge < -0.3 is 19.7 Å².